The zero-order valence-corrected chi connectivity index (χ0v) is 11.7. The van der Waals surface area contributed by atoms with Gasteiger partial charge in [0.25, 0.3) is 0 Å². The number of pyridine rings is 1. The highest BCUT2D eigenvalue weighted by molar-refractivity contribution is 5.68. The second-order valence-corrected chi connectivity index (χ2v) is 5.16. The molecule has 0 aliphatic heterocycles. The normalized spacial score (nSPS) is 11.6. The Kier molecular flexibility index (Phi) is 5.03. The lowest BCUT2D eigenvalue weighted by Crippen LogP contribution is -2.32. The summed E-state index contributed by atoms with van der Waals surface area (Å²) in [6.45, 7) is 7.39. The van der Waals surface area contributed by atoms with Crippen LogP contribution < -0.4 is 5.32 Å². The van der Waals surface area contributed by atoms with Crippen LogP contribution in [0.3, 0.4) is 0 Å². The molecule has 1 aromatic rings. The number of hydrogen-bond donors (Lipinski definition) is 1. The number of nitrogens with zero attached hydrogens (tertiary/aromatic N) is 1. The van der Waals surface area contributed by atoms with Gasteiger partial charge in [0.05, 0.1) is 0 Å². The van der Waals surface area contributed by atoms with Crippen molar-refractivity contribution in [3.05, 3.63) is 35.4 Å². The first kappa shape index (κ1) is 15.1. The number of hydrogen-bond acceptors (Lipinski definition) is 3. The first-order chi connectivity index (χ1) is 8.78. The molecule has 0 bridgehead atoms. The third kappa shape index (κ3) is 5.99. The number of aryl methyl sites for hydroxylation is 1. The van der Waals surface area contributed by atoms with Gasteiger partial charge in [-0.3, -0.25) is 0 Å². The van der Waals surface area contributed by atoms with Gasteiger partial charge in [-0.1, -0.05) is 12.2 Å². The molecule has 1 heterocycles. The molecule has 0 aromatic carbocycles. The van der Waals surface area contributed by atoms with Crippen LogP contribution in [-0.2, 0) is 4.74 Å². The maximum Gasteiger partial charge on any atom is 0.407 e. The molecule has 0 saturated carbocycles. The van der Waals surface area contributed by atoms with Gasteiger partial charge in [-0.25, -0.2) is 9.78 Å². The number of aromatic nitrogens is 1. The smallest absolute Gasteiger partial charge is 0.407 e. The highest BCUT2D eigenvalue weighted by Gasteiger charge is 2.14. The number of rotatable bonds is 3. The molecule has 1 N–H and O–H groups in total. The zero-order chi connectivity index (χ0) is 14.5. The van der Waals surface area contributed by atoms with E-state index in [1.807, 2.05) is 0 Å². The number of amides is 1. The summed E-state index contributed by atoms with van der Waals surface area (Å²) in [5.74, 6) is -0.468. The van der Waals surface area contributed by atoms with Gasteiger partial charge >= 0.3 is 6.09 Å². The quantitative estimate of drug-likeness (QED) is 0.855. The van der Waals surface area contributed by atoms with Crippen LogP contribution in [-0.4, -0.2) is 23.2 Å². The van der Waals surface area contributed by atoms with E-state index in [9.17, 15) is 9.18 Å². The second kappa shape index (κ2) is 6.31. The Morgan fingerprint density at radius 3 is 2.79 bits per heavy atom. The van der Waals surface area contributed by atoms with Crippen LogP contribution in [0.25, 0.3) is 6.08 Å². The van der Waals surface area contributed by atoms with Crippen LogP contribution >= 0.6 is 0 Å². The molecule has 104 valence electrons. The molecule has 0 unspecified atom stereocenters. The fourth-order valence-corrected chi connectivity index (χ4v) is 1.32. The molecule has 4 nitrogen and oxygen atoms in total. The molecule has 0 saturated heterocycles. The summed E-state index contributed by atoms with van der Waals surface area (Å²) in [5, 5.41) is 2.59. The fourth-order valence-electron chi connectivity index (χ4n) is 1.32. The molecule has 19 heavy (non-hydrogen) atoms. The number of halogens is 1. The minimum Gasteiger partial charge on any atom is -0.444 e. The molecule has 1 rings (SSSR count). The lowest BCUT2D eigenvalue weighted by atomic mass is 10.2. The molecule has 0 radical (unpaired) electrons. The summed E-state index contributed by atoms with van der Waals surface area (Å²) in [6, 6.07) is 1.69. The van der Waals surface area contributed by atoms with Crippen LogP contribution in [0.5, 0.6) is 0 Å². The summed E-state index contributed by atoms with van der Waals surface area (Å²) in [4.78, 5) is 15.0. The van der Waals surface area contributed by atoms with Crippen LogP contribution in [0.4, 0.5) is 9.18 Å². The van der Waals surface area contributed by atoms with Crippen molar-refractivity contribution < 1.29 is 13.9 Å². The van der Waals surface area contributed by atoms with Crippen LogP contribution in [0.2, 0.25) is 0 Å². The monoisotopic (exact) mass is 266 g/mol. The van der Waals surface area contributed by atoms with Crippen molar-refractivity contribution >= 4 is 12.2 Å². The Morgan fingerprint density at radius 2 is 2.21 bits per heavy atom. The number of carbonyl (C=O) groups excluding carboxylic acids is 1. The molecular formula is C14H19FN2O2. The Labute approximate surface area is 112 Å². The molecule has 1 amide bonds. The largest absolute Gasteiger partial charge is 0.444 e. The summed E-state index contributed by atoms with van der Waals surface area (Å²) in [7, 11) is 0. The zero-order valence-electron chi connectivity index (χ0n) is 11.7. The average molecular weight is 266 g/mol. The predicted molar refractivity (Wildman–Crippen MR) is 72.2 cm³/mol. The van der Waals surface area contributed by atoms with Crippen molar-refractivity contribution in [3.63, 3.8) is 0 Å². The number of carbonyl (C=O) groups is 1. The first-order valence-electron chi connectivity index (χ1n) is 6.03. The number of nitrogens with one attached hydrogen (secondary N) is 1. The molecule has 0 spiro atoms. The highest BCUT2D eigenvalue weighted by Crippen LogP contribution is 2.08. The predicted octanol–water partition coefficient (Wildman–Crippen LogP) is 3.07. The van der Waals surface area contributed by atoms with Crippen LogP contribution in [0, 0.1) is 12.9 Å². The molecule has 0 aliphatic carbocycles. The lowest BCUT2D eigenvalue weighted by Gasteiger charge is -2.19. The van der Waals surface area contributed by atoms with Crippen molar-refractivity contribution in [1.29, 1.82) is 0 Å². The minimum atomic E-state index is -0.508. The van der Waals surface area contributed by atoms with Gasteiger partial charge in [0.15, 0.2) is 0 Å². The van der Waals surface area contributed by atoms with E-state index in [0.29, 0.717) is 12.1 Å². The van der Waals surface area contributed by atoms with Crippen molar-refractivity contribution in [3.8, 4) is 0 Å². The van der Waals surface area contributed by atoms with Gasteiger partial charge in [-0.15, -0.1) is 0 Å². The summed E-state index contributed by atoms with van der Waals surface area (Å²) in [6.07, 6.45) is 4.48. The summed E-state index contributed by atoms with van der Waals surface area (Å²) >= 11 is 0. The third-order valence-electron chi connectivity index (χ3n) is 2.11. The second-order valence-electron chi connectivity index (χ2n) is 5.16. The van der Waals surface area contributed by atoms with E-state index < -0.39 is 17.6 Å². The van der Waals surface area contributed by atoms with Gasteiger partial charge < -0.3 is 10.1 Å². The maximum absolute atomic E-state index is 12.9. The van der Waals surface area contributed by atoms with E-state index in [1.54, 1.807) is 45.9 Å². The van der Waals surface area contributed by atoms with Crippen molar-refractivity contribution in [2.45, 2.75) is 33.3 Å². The summed E-state index contributed by atoms with van der Waals surface area (Å²) in [5.41, 5.74) is 0.762. The molecule has 5 heteroatoms. The van der Waals surface area contributed by atoms with Crippen molar-refractivity contribution in [2.24, 2.45) is 0 Å². The molecule has 0 aliphatic rings. The maximum atomic E-state index is 12.9. The van der Waals surface area contributed by atoms with Crippen molar-refractivity contribution in [1.82, 2.24) is 10.3 Å². The Bertz CT molecular complexity index is 479. The fraction of sp³-hybridized carbons (Fsp3) is 0.429. The standard InChI is InChI=1S/C14H19FN2O2/c1-10-8-11(9-17-12(10)15)6-5-7-16-13(18)19-14(2,3)4/h5-6,8-9H,7H2,1-4H3,(H,16,18). The van der Waals surface area contributed by atoms with E-state index in [-0.39, 0.29) is 0 Å². The van der Waals surface area contributed by atoms with Crippen LogP contribution in [0.15, 0.2) is 18.3 Å². The van der Waals surface area contributed by atoms with Gasteiger partial charge in [0.1, 0.15) is 5.60 Å². The van der Waals surface area contributed by atoms with Gasteiger partial charge in [0, 0.05) is 18.3 Å². The Balaban J connectivity index is 2.42. The highest BCUT2D eigenvalue weighted by atomic mass is 19.1. The van der Waals surface area contributed by atoms with E-state index >= 15 is 0 Å². The summed E-state index contributed by atoms with van der Waals surface area (Å²) < 4.78 is 18.0. The molecule has 0 atom stereocenters. The third-order valence-corrected chi connectivity index (χ3v) is 2.11. The van der Waals surface area contributed by atoms with Crippen molar-refractivity contribution in [2.75, 3.05) is 6.54 Å². The van der Waals surface area contributed by atoms with Gasteiger partial charge in [-0.2, -0.15) is 4.39 Å². The Hall–Kier alpha value is -1.91. The van der Waals surface area contributed by atoms with Crippen LogP contribution in [0.1, 0.15) is 31.9 Å². The SMILES string of the molecule is Cc1cc(C=CCNC(=O)OC(C)(C)C)cnc1F. The van der Waals surface area contributed by atoms with E-state index in [1.165, 1.54) is 6.20 Å². The van der Waals surface area contributed by atoms with Gasteiger partial charge in [0.2, 0.25) is 5.95 Å². The van der Waals surface area contributed by atoms with E-state index in [4.69, 9.17) is 4.74 Å². The number of ether oxygens (including phenoxy) is 1. The lowest BCUT2D eigenvalue weighted by molar-refractivity contribution is 0.0534. The van der Waals surface area contributed by atoms with E-state index in [0.717, 1.165) is 5.56 Å². The number of alkyl carbamates (subject to hydrolysis) is 1. The van der Waals surface area contributed by atoms with Gasteiger partial charge in [-0.05, 0) is 39.3 Å². The average Bonchev–Trinajstić information content (AvgIpc) is 2.27. The minimum absolute atomic E-state index is 0.339. The molecule has 0 fully saturated rings. The molecule has 1 aromatic heterocycles. The first-order valence-corrected chi connectivity index (χ1v) is 6.03. The molecular weight excluding hydrogens is 247 g/mol. The topological polar surface area (TPSA) is 51.2 Å². The Morgan fingerprint density at radius 1 is 1.53 bits per heavy atom. The van der Waals surface area contributed by atoms with E-state index in [2.05, 4.69) is 10.3 Å².